The summed E-state index contributed by atoms with van der Waals surface area (Å²) in [5.74, 6) is 7.30. The summed E-state index contributed by atoms with van der Waals surface area (Å²) < 4.78 is 5.72. The highest BCUT2D eigenvalue weighted by Gasteiger charge is 2.10. The van der Waals surface area contributed by atoms with Crippen molar-refractivity contribution < 1.29 is 4.74 Å². The van der Waals surface area contributed by atoms with Gasteiger partial charge in [0.25, 0.3) is 0 Å². The zero-order valence-corrected chi connectivity index (χ0v) is 15.4. The van der Waals surface area contributed by atoms with Gasteiger partial charge >= 0.3 is 0 Å². The highest BCUT2D eigenvalue weighted by Crippen LogP contribution is 2.25. The van der Waals surface area contributed by atoms with E-state index in [2.05, 4.69) is 61.4 Å². The first-order chi connectivity index (χ1) is 13.7. The Morgan fingerprint density at radius 2 is 2.07 bits per heavy atom. The second-order valence-corrected chi connectivity index (χ2v) is 6.33. The number of aromatic nitrogens is 3. The summed E-state index contributed by atoms with van der Waals surface area (Å²) in [4.78, 5) is 13.0. The zero-order valence-electron chi connectivity index (χ0n) is 15.4. The largest absolute Gasteiger partial charge is 0.419 e. The van der Waals surface area contributed by atoms with E-state index in [1.807, 2.05) is 19.1 Å². The Kier molecular flexibility index (Phi) is 5.03. The maximum absolute atomic E-state index is 5.72. The topological polar surface area (TPSA) is 110 Å². The first kappa shape index (κ1) is 17.7. The number of hydrogen-bond donors (Lipinski definition) is 4. The van der Waals surface area contributed by atoms with Crippen LogP contribution in [0.15, 0.2) is 48.7 Å². The maximum atomic E-state index is 5.72. The number of nitrogens with zero attached hydrogens (tertiary/aromatic N) is 3. The number of hydrazine groups is 1. The molecular weight excluding hydrogens is 354 g/mol. The number of hydrogen-bond acceptors (Lipinski definition) is 8. The lowest BCUT2D eigenvalue weighted by Crippen LogP contribution is -2.14. The molecule has 3 heterocycles. The van der Waals surface area contributed by atoms with Crippen LogP contribution in [0.25, 0.3) is 6.08 Å². The average molecular weight is 375 g/mol. The molecular formula is C20H21N7O. The van der Waals surface area contributed by atoms with Gasteiger partial charge in [-0.15, -0.1) is 0 Å². The van der Waals surface area contributed by atoms with Crippen molar-refractivity contribution >= 4 is 23.4 Å². The predicted molar refractivity (Wildman–Crippen MR) is 110 cm³/mol. The van der Waals surface area contributed by atoms with Crippen molar-refractivity contribution in [2.75, 3.05) is 22.6 Å². The number of anilines is 3. The number of rotatable bonds is 6. The molecule has 0 fully saturated rings. The monoisotopic (exact) mass is 375 g/mol. The van der Waals surface area contributed by atoms with Gasteiger partial charge in [-0.1, -0.05) is 24.3 Å². The summed E-state index contributed by atoms with van der Waals surface area (Å²) in [5.41, 5.74) is 6.83. The molecule has 4 rings (SSSR count). The minimum atomic E-state index is 0.331. The molecule has 0 saturated carbocycles. The van der Waals surface area contributed by atoms with Gasteiger partial charge in [0.1, 0.15) is 0 Å². The van der Waals surface area contributed by atoms with Crippen molar-refractivity contribution in [2.24, 2.45) is 5.84 Å². The molecule has 0 atom stereocenters. The second-order valence-electron chi connectivity index (χ2n) is 6.33. The third kappa shape index (κ3) is 4.02. The van der Waals surface area contributed by atoms with Gasteiger partial charge in [-0.3, -0.25) is 0 Å². The number of ether oxygens (including phenoxy) is 1. The molecule has 0 amide bonds. The van der Waals surface area contributed by atoms with Gasteiger partial charge in [-0.25, -0.2) is 15.8 Å². The molecule has 0 radical (unpaired) electrons. The first-order valence-electron chi connectivity index (χ1n) is 8.93. The molecule has 142 valence electrons. The molecule has 0 bridgehead atoms. The lowest BCUT2D eigenvalue weighted by molar-refractivity contribution is 0.442. The Labute approximate surface area is 162 Å². The Hall–Kier alpha value is -3.65. The van der Waals surface area contributed by atoms with Crippen molar-refractivity contribution in [3.05, 3.63) is 65.5 Å². The van der Waals surface area contributed by atoms with Gasteiger partial charge in [0.05, 0.1) is 6.20 Å². The van der Waals surface area contributed by atoms with Crippen LogP contribution in [-0.2, 0) is 6.54 Å². The smallest absolute Gasteiger partial charge is 0.241 e. The lowest BCUT2D eigenvalue weighted by atomic mass is 10.1. The number of nitrogens with one attached hydrogen (secondary N) is 3. The van der Waals surface area contributed by atoms with Crippen molar-refractivity contribution in [1.82, 2.24) is 15.0 Å². The van der Waals surface area contributed by atoms with E-state index in [1.54, 1.807) is 6.07 Å². The molecule has 0 unspecified atom stereocenters. The van der Waals surface area contributed by atoms with Crippen LogP contribution in [0, 0.1) is 6.92 Å². The predicted octanol–water partition coefficient (Wildman–Crippen LogP) is 3.31. The van der Waals surface area contributed by atoms with Gasteiger partial charge in [0.2, 0.25) is 11.8 Å². The SMILES string of the molecule is Cc1cccc(Oc2cnc(NN)c(NCc3ccc4c(c3)C=CCN4)n2)n1. The Morgan fingerprint density at radius 3 is 2.93 bits per heavy atom. The van der Waals surface area contributed by atoms with E-state index in [0.717, 1.165) is 29.1 Å². The molecule has 0 spiro atoms. The quantitative estimate of drug-likeness (QED) is 0.384. The second kappa shape index (κ2) is 7.93. The molecule has 0 saturated heterocycles. The van der Waals surface area contributed by atoms with E-state index in [4.69, 9.17) is 10.6 Å². The molecule has 1 aromatic carbocycles. The average Bonchev–Trinajstić information content (AvgIpc) is 2.72. The molecule has 8 heteroatoms. The minimum absolute atomic E-state index is 0.331. The van der Waals surface area contributed by atoms with Crippen LogP contribution in [0.2, 0.25) is 0 Å². The normalized spacial score (nSPS) is 12.1. The molecule has 5 N–H and O–H groups in total. The summed E-state index contributed by atoms with van der Waals surface area (Å²) in [6, 6.07) is 11.8. The van der Waals surface area contributed by atoms with Crippen LogP contribution >= 0.6 is 0 Å². The van der Waals surface area contributed by atoms with E-state index in [0.29, 0.717) is 29.9 Å². The first-order valence-corrected chi connectivity index (χ1v) is 8.93. The van der Waals surface area contributed by atoms with E-state index in [-0.39, 0.29) is 0 Å². The molecule has 0 aliphatic carbocycles. The zero-order chi connectivity index (χ0) is 19.3. The Balaban J connectivity index is 1.51. The fourth-order valence-electron chi connectivity index (χ4n) is 2.89. The molecule has 1 aliphatic heterocycles. The third-order valence-corrected chi connectivity index (χ3v) is 4.24. The number of nitrogen functional groups attached to an aromatic ring is 1. The number of nitrogens with two attached hydrogens (primary N) is 1. The molecule has 8 nitrogen and oxygen atoms in total. The molecule has 3 aromatic rings. The van der Waals surface area contributed by atoms with E-state index >= 15 is 0 Å². The summed E-state index contributed by atoms with van der Waals surface area (Å²) >= 11 is 0. The van der Waals surface area contributed by atoms with Crippen LogP contribution in [0.3, 0.4) is 0 Å². The van der Waals surface area contributed by atoms with Crippen LogP contribution < -0.4 is 26.6 Å². The summed E-state index contributed by atoms with van der Waals surface area (Å²) in [6.45, 7) is 3.32. The van der Waals surface area contributed by atoms with Crippen LogP contribution in [0.1, 0.15) is 16.8 Å². The van der Waals surface area contributed by atoms with Crippen molar-refractivity contribution in [3.8, 4) is 11.8 Å². The molecule has 28 heavy (non-hydrogen) atoms. The van der Waals surface area contributed by atoms with E-state index in [9.17, 15) is 0 Å². The van der Waals surface area contributed by atoms with Gasteiger partial charge in [-0.2, -0.15) is 4.98 Å². The third-order valence-electron chi connectivity index (χ3n) is 4.24. The lowest BCUT2D eigenvalue weighted by Gasteiger charge is -2.15. The Morgan fingerprint density at radius 1 is 1.14 bits per heavy atom. The fraction of sp³-hybridized carbons (Fsp3) is 0.150. The Bertz CT molecular complexity index is 1020. The van der Waals surface area contributed by atoms with Gasteiger partial charge < -0.3 is 20.8 Å². The van der Waals surface area contributed by atoms with Crippen molar-refractivity contribution in [1.29, 1.82) is 0 Å². The standard InChI is InChI=1S/C20H21N7O/c1-13-4-2-6-17(25-13)28-18-12-24-20(27-21)19(26-18)23-11-14-7-8-16-15(10-14)5-3-9-22-16/h2-8,10,12,22H,9,11,21H2,1H3,(H,23,26)(H,24,27). The van der Waals surface area contributed by atoms with Crippen LogP contribution in [0.5, 0.6) is 11.8 Å². The number of aryl methyl sites for hydroxylation is 1. The number of fused-ring (bicyclic) bond motifs is 1. The highest BCUT2D eigenvalue weighted by atomic mass is 16.5. The summed E-state index contributed by atoms with van der Waals surface area (Å²) in [5, 5.41) is 6.60. The number of benzene rings is 1. The molecule has 1 aliphatic rings. The highest BCUT2D eigenvalue weighted by molar-refractivity contribution is 5.70. The van der Waals surface area contributed by atoms with E-state index < -0.39 is 0 Å². The van der Waals surface area contributed by atoms with E-state index in [1.165, 1.54) is 6.20 Å². The van der Waals surface area contributed by atoms with Crippen LogP contribution in [-0.4, -0.2) is 21.5 Å². The fourth-order valence-corrected chi connectivity index (χ4v) is 2.89. The molecule has 2 aromatic heterocycles. The number of pyridine rings is 1. The summed E-state index contributed by atoms with van der Waals surface area (Å²) in [7, 11) is 0. The maximum Gasteiger partial charge on any atom is 0.241 e. The van der Waals surface area contributed by atoms with Crippen molar-refractivity contribution in [2.45, 2.75) is 13.5 Å². The van der Waals surface area contributed by atoms with Gasteiger partial charge in [-0.05, 0) is 36.2 Å². The van der Waals surface area contributed by atoms with Gasteiger partial charge in [0.15, 0.2) is 11.6 Å². The minimum Gasteiger partial charge on any atom is -0.419 e. The van der Waals surface area contributed by atoms with Crippen LogP contribution in [0.4, 0.5) is 17.3 Å². The van der Waals surface area contributed by atoms with Gasteiger partial charge in [0, 0.05) is 30.5 Å². The summed E-state index contributed by atoms with van der Waals surface area (Å²) in [6.07, 6.45) is 5.71. The van der Waals surface area contributed by atoms with Crippen molar-refractivity contribution in [3.63, 3.8) is 0 Å².